The van der Waals surface area contributed by atoms with Crippen LogP contribution in [0.15, 0.2) is 109 Å². The van der Waals surface area contributed by atoms with Crippen LogP contribution in [0.25, 0.3) is 0 Å². The molecule has 196 valence electrons. The number of anilines is 1. The summed E-state index contributed by atoms with van der Waals surface area (Å²) in [6, 6.07) is 32.6. The molecule has 0 aromatic heterocycles. The van der Waals surface area contributed by atoms with E-state index in [-0.39, 0.29) is 18.4 Å². The number of cyclic esters (lactones) is 1. The molecule has 0 unspecified atom stereocenters. The summed E-state index contributed by atoms with van der Waals surface area (Å²) in [5, 5.41) is 5.85. The maximum absolute atomic E-state index is 13.5. The molecule has 2 N–H and O–H groups in total. The van der Waals surface area contributed by atoms with E-state index in [1.807, 2.05) is 79.7 Å². The second kappa shape index (κ2) is 11.6. The maximum atomic E-state index is 13.5. The zero-order valence-electron chi connectivity index (χ0n) is 21.5. The van der Waals surface area contributed by atoms with Crippen LogP contribution >= 0.6 is 0 Å². The molecule has 2 atom stereocenters. The van der Waals surface area contributed by atoms with Gasteiger partial charge in [0.15, 0.2) is 12.1 Å². The van der Waals surface area contributed by atoms with Crippen LogP contribution in [0.3, 0.4) is 0 Å². The third-order valence-corrected chi connectivity index (χ3v) is 6.67. The predicted molar refractivity (Wildman–Crippen MR) is 149 cm³/mol. The van der Waals surface area contributed by atoms with Crippen LogP contribution in [0.5, 0.6) is 0 Å². The molecule has 5 rings (SSSR count). The van der Waals surface area contributed by atoms with Gasteiger partial charge in [-0.15, -0.1) is 0 Å². The van der Waals surface area contributed by atoms with Gasteiger partial charge in [-0.25, -0.2) is 4.79 Å². The number of carbonyl (C=O) groups is 3. The third-order valence-electron chi connectivity index (χ3n) is 6.67. The fourth-order valence-electron chi connectivity index (χ4n) is 4.54. The van der Waals surface area contributed by atoms with Crippen molar-refractivity contribution in [2.45, 2.75) is 32.2 Å². The molecule has 1 aliphatic heterocycles. The second-order valence-electron chi connectivity index (χ2n) is 9.51. The van der Waals surface area contributed by atoms with Crippen LogP contribution < -0.4 is 10.6 Å². The SMILES string of the molecule is Cc1ccc(C(=O)Nc2ccc([C@@H]3OC(=O)N(Cc4ccccc4)[C@H]3C(=O)NCc3ccccc3)cc2)cc1. The summed E-state index contributed by atoms with van der Waals surface area (Å²) in [7, 11) is 0. The van der Waals surface area contributed by atoms with Crippen LogP contribution in [-0.2, 0) is 22.6 Å². The Morgan fingerprint density at radius 2 is 1.41 bits per heavy atom. The van der Waals surface area contributed by atoms with Gasteiger partial charge in [0.05, 0.1) is 6.54 Å². The fourth-order valence-corrected chi connectivity index (χ4v) is 4.54. The normalized spacial score (nSPS) is 16.4. The summed E-state index contributed by atoms with van der Waals surface area (Å²) in [4.78, 5) is 40.6. The van der Waals surface area contributed by atoms with Crippen LogP contribution in [0.4, 0.5) is 10.5 Å². The summed E-state index contributed by atoms with van der Waals surface area (Å²) >= 11 is 0. The van der Waals surface area contributed by atoms with Crippen molar-refractivity contribution in [1.29, 1.82) is 0 Å². The first-order valence-corrected chi connectivity index (χ1v) is 12.8. The number of aryl methyl sites for hydroxylation is 1. The van der Waals surface area contributed by atoms with Gasteiger partial charge in [0.25, 0.3) is 5.91 Å². The highest BCUT2D eigenvalue weighted by molar-refractivity contribution is 6.04. The molecule has 0 saturated carbocycles. The van der Waals surface area contributed by atoms with Gasteiger partial charge in [-0.05, 0) is 47.9 Å². The molecule has 4 aromatic rings. The maximum Gasteiger partial charge on any atom is 0.411 e. The smallest absolute Gasteiger partial charge is 0.411 e. The molecule has 4 aromatic carbocycles. The van der Waals surface area contributed by atoms with E-state index >= 15 is 0 Å². The number of nitrogens with zero attached hydrogens (tertiary/aromatic N) is 1. The minimum atomic E-state index is -0.866. The Morgan fingerprint density at radius 3 is 2.05 bits per heavy atom. The van der Waals surface area contributed by atoms with Crippen molar-refractivity contribution < 1.29 is 19.1 Å². The lowest BCUT2D eigenvalue weighted by Gasteiger charge is -2.24. The largest absolute Gasteiger partial charge is 0.438 e. The summed E-state index contributed by atoms with van der Waals surface area (Å²) in [6.07, 6.45) is -1.36. The Bertz CT molecular complexity index is 1440. The van der Waals surface area contributed by atoms with Gasteiger partial charge in [-0.1, -0.05) is 90.5 Å². The van der Waals surface area contributed by atoms with E-state index in [9.17, 15) is 14.4 Å². The van der Waals surface area contributed by atoms with Gasteiger partial charge in [0.1, 0.15) is 0 Å². The number of benzene rings is 4. The molecule has 1 heterocycles. The van der Waals surface area contributed by atoms with Crippen molar-refractivity contribution in [1.82, 2.24) is 10.2 Å². The van der Waals surface area contributed by atoms with Gasteiger partial charge < -0.3 is 15.4 Å². The minimum Gasteiger partial charge on any atom is -0.438 e. The molecule has 0 spiro atoms. The first-order valence-electron chi connectivity index (χ1n) is 12.8. The quantitative estimate of drug-likeness (QED) is 0.316. The number of hydrogen-bond acceptors (Lipinski definition) is 4. The van der Waals surface area contributed by atoms with Crippen molar-refractivity contribution in [2.75, 3.05) is 5.32 Å². The monoisotopic (exact) mass is 519 g/mol. The fraction of sp³-hybridized carbons (Fsp3) is 0.156. The average Bonchev–Trinajstić information content (AvgIpc) is 3.29. The second-order valence-corrected chi connectivity index (χ2v) is 9.51. The van der Waals surface area contributed by atoms with Gasteiger partial charge in [-0.3, -0.25) is 14.5 Å². The summed E-state index contributed by atoms with van der Waals surface area (Å²) in [6.45, 7) is 2.54. The molecular formula is C32H29N3O4. The topological polar surface area (TPSA) is 87.7 Å². The van der Waals surface area contributed by atoms with Crippen LogP contribution in [0.1, 0.15) is 38.7 Å². The van der Waals surface area contributed by atoms with Gasteiger partial charge in [0.2, 0.25) is 5.91 Å². The Kier molecular flexibility index (Phi) is 7.68. The highest BCUT2D eigenvalue weighted by Gasteiger charge is 2.46. The number of carbonyl (C=O) groups excluding carboxylic acids is 3. The van der Waals surface area contributed by atoms with Crippen LogP contribution in [0.2, 0.25) is 0 Å². The minimum absolute atomic E-state index is 0.220. The highest BCUT2D eigenvalue weighted by atomic mass is 16.6. The molecular weight excluding hydrogens is 490 g/mol. The summed E-state index contributed by atoms with van der Waals surface area (Å²) < 4.78 is 5.76. The molecule has 0 aliphatic carbocycles. The number of amides is 3. The van der Waals surface area contributed by atoms with E-state index in [1.165, 1.54) is 4.90 Å². The first kappa shape index (κ1) is 25.7. The van der Waals surface area contributed by atoms with Crippen molar-refractivity contribution in [2.24, 2.45) is 0 Å². The Hall–Kier alpha value is -4.91. The summed E-state index contributed by atoms with van der Waals surface area (Å²) in [5.74, 6) is -0.523. The van der Waals surface area contributed by atoms with Gasteiger partial charge in [0, 0.05) is 17.8 Å². The first-order chi connectivity index (χ1) is 19.0. The number of nitrogens with one attached hydrogen (secondary N) is 2. The lowest BCUT2D eigenvalue weighted by Crippen LogP contribution is -2.46. The zero-order valence-corrected chi connectivity index (χ0v) is 21.5. The number of ether oxygens (including phenoxy) is 1. The number of rotatable bonds is 8. The van der Waals surface area contributed by atoms with E-state index < -0.39 is 18.2 Å². The van der Waals surface area contributed by atoms with E-state index in [1.54, 1.807) is 36.4 Å². The van der Waals surface area contributed by atoms with Crippen molar-refractivity contribution in [3.8, 4) is 0 Å². The van der Waals surface area contributed by atoms with E-state index in [0.29, 0.717) is 23.4 Å². The Balaban J connectivity index is 1.35. The van der Waals surface area contributed by atoms with Crippen molar-refractivity contribution >= 4 is 23.6 Å². The van der Waals surface area contributed by atoms with Crippen LogP contribution in [0, 0.1) is 6.92 Å². The van der Waals surface area contributed by atoms with Crippen molar-refractivity contribution in [3.63, 3.8) is 0 Å². The summed E-state index contributed by atoms with van der Waals surface area (Å²) in [5.41, 5.74) is 4.74. The van der Waals surface area contributed by atoms with E-state index in [4.69, 9.17) is 4.74 Å². The number of hydrogen-bond donors (Lipinski definition) is 2. The average molecular weight is 520 g/mol. The molecule has 0 radical (unpaired) electrons. The lowest BCUT2D eigenvalue weighted by atomic mass is 10.00. The molecule has 1 aliphatic rings. The standard InChI is InChI=1S/C32H29N3O4/c1-22-12-14-26(15-13-22)30(36)34-27-18-16-25(17-19-27)29-28(31(37)33-20-23-8-4-2-5-9-23)35(32(38)39-29)21-24-10-6-3-7-11-24/h2-19,28-29H,20-21H2,1H3,(H,33,37)(H,34,36)/t28-,29+/m1/s1. The Labute approximate surface area is 227 Å². The molecule has 1 fully saturated rings. The zero-order chi connectivity index (χ0) is 27.2. The Morgan fingerprint density at radius 1 is 0.795 bits per heavy atom. The molecule has 0 bridgehead atoms. The van der Waals surface area contributed by atoms with Crippen molar-refractivity contribution in [3.05, 3.63) is 137 Å². The molecule has 1 saturated heterocycles. The van der Waals surface area contributed by atoms with Crippen LogP contribution in [-0.4, -0.2) is 28.8 Å². The van der Waals surface area contributed by atoms with Gasteiger partial charge >= 0.3 is 6.09 Å². The lowest BCUT2D eigenvalue weighted by molar-refractivity contribution is -0.126. The molecule has 7 nitrogen and oxygen atoms in total. The predicted octanol–water partition coefficient (Wildman–Crippen LogP) is 5.63. The van der Waals surface area contributed by atoms with E-state index in [2.05, 4.69) is 10.6 Å². The molecule has 3 amide bonds. The third kappa shape index (κ3) is 6.15. The van der Waals surface area contributed by atoms with E-state index in [0.717, 1.165) is 16.7 Å². The molecule has 7 heteroatoms. The molecule has 39 heavy (non-hydrogen) atoms. The highest BCUT2D eigenvalue weighted by Crippen LogP contribution is 2.34. The van der Waals surface area contributed by atoms with Gasteiger partial charge in [-0.2, -0.15) is 0 Å².